The number of sulfonamides is 1. The molecule has 2 aliphatic rings. The summed E-state index contributed by atoms with van der Waals surface area (Å²) in [6.07, 6.45) is 0.282. The third kappa shape index (κ3) is 4.19. The van der Waals surface area contributed by atoms with Gasteiger partial charge in [0.05, 0.1) is 4.90 Å². The molecule has 2 heterocycles. The zero-order chi connectivity index (χ0) is 21.3. The number of hydrogen-bond acceptors (Lipinski definition) is 6. The average Bonchev–Trinajstić information content (AvgIpc) is 3.20. The first-order valence-electron chi connectivity index (χ1n) is 9.06. The van der Waals surface area contributed by atoms with Gasteiger partial charge in [0.25, 0.3) is 0 Å². The maximum absolute atomic E-state index is 13.2. The second-order valence-electron chi connectivity index (χ2n) is 6.64. The van der Waals surface area contributed by atoms with Gasteiger partial charge in [0, 0.05) is 11.6 Å². The van der Waals surface area contributed by atoms with E-state index in [2.05, 4.69) is 10.9 Å². The minimum absolute atomic E-state index is 0.0747. The molecule has 30 heavy (non-hydrogen) atoms. The molecular weight excluding hydrogens is 434 g/mol. The van der Waals surface area contributed by atoms with Gasteiger partial charge in [-0.3, -0.25) is 16.2 Å². The van der Waals surface area contributed by atoms with Crippen LogP contribution >= 0.6 is 11.6 Å². The predicted octanol–water partition coefficient (Wildman–Crippen LogP) is 2.40. The van der Waals surface area contributed by atoms with Crippen LogP contribution < -0.4 is 20.9 Å². The molecule has 2 fully saturated rings. The monoisotopic (exact) mass is 451 g/mol. The number of carbonyl (C=O) groups excluding carboxylic acids is 2. The number of carbonyl (C=O) groups is 2. The Hall–Kier alpha value is -2.86. The largest absolute Gasteiger partial charge is 0.457 e. The highest BCUT2D eigenvalue weighted by Gasteiger charge is 2.41. The van der Waals surface area contributed by atoms with Crippen molar-refractivity contribution in [3.05, 3.63) is 53.6 Å². The number of ether oxygens (including phenoxy) is 1. The van der Waals surface area contributed by atoms with Crippen LogP contribution in [0.1, 0.15) is 12.8 Å². The molecule has 4 amide bonds. The van der Waals surface area contributed by atoms with E-state index in [-0.39, 0.29) is 11.4 Å². The number of halogens is 1. The molecule has 2 saturated heterocycles. The molecule has 2 aromatic carbocycles. The van der Waals surface area contributed by atoms with Gasteiger partial charge in [0.2, 0.25) is 10.0 Å². The van der Waals surface area contributed by atoms with Gasteiger partial charge < -0.3 is 4.74 Å². The lowest BCUT2D eigenvalue weighted by molar-refractivity contribution is 0.0338. The molecule has 2 aliphatic heterocycles. The highest BCUT2D eigenvalue weighted by atomic mass is 35.5. The summed E-state index contributed by atoms with van der Waals surface area (Å²) in [5.41, 5.74) is 4.80. The van der Waals surface area contributed by atoms with Crippen LogP contribution in [0.2, 0.25) is 5.02 Å². The number of benzene rings is 2. The number of nitrogens with zero attached hydrogens (tertiary/aromatic N) is 2. The average molecular weight is 452 g/mol. The minimum atomic E-state index is -3.87. The van der Waals surface area contributed by atoms with Gasteiger partial charge >= 0.3 is 12.1 Å². The Balaban J connectivity index is 1.51. The van der Waals surface area contributed by atoms with Gasteiger partial charge in [-0.25, -0.2) is 18.0 Å². The standard InChI is InChI=1S/C18H18ClN5O5S/c19-12-3-5-13(6-4-12)29-14-7-9-15(10-8-14)30(27,28)23-11-1-2-16(23)24-21-17(25)20-18(26)22-24/h3-10,16H,1-2,11H2,(H3,20,21,22,25,26). The van der Waals surface area contributed by atoms with Gasteiger partial charge in [0.1, 0.15) is 17.7 Å². The summed E-state index contributed by atoms with van der Waals surface area (Å²) < 4.78 is 33.3. The highest BCUT2D eigenvalue weighted by molar-refractivity contribution is 7.89. The van der Waals surface area contributed by atoms with Gasteiger partial charge in [-0.1, -0.05) is 11.6 Å². The van der Waals surface area contributed by atoms with E-state index in [0.29, 0.717) is 29.4 Å². The van der Waals surface area contributed by atoms with Crippen LogP contribution in [-0.2, 0) is 10.0 Å². The summed E-state index contributed by atoms with van der Waals surface area (Å²) in [5.74, 6) is 1.04. The maximum atomic E-state index is 13.2. The van der Waals surface area contributed by atoms with Crippen molar-refractivity contribution in [2.45, 2.75) is 23.9 Å². The minimum Gasteiger partial charge on any atom is -0.457 e. The number of rotatable bonds is 5. The fourth-order valence-corrected chi connectivity index (χ4v) is 5.04. The van der Waals surface area contributed by atoms with Crippen LogP contribution in [0.5, 0.6) is 11.5 Å². The quantitative estimate of drug-likeness (QED) is 0.642. The van der Waals surface area contributed by atoms with Crippen molar-refractivity contribution in [2.75, 3.05) is 6.54 Å². The van der Waals surface area contributed by atoms with Crippen molar-refractivity contribution in [1.82, 2.24) is 25.6 Å². The molecule has 158 valence electrons. The summed E-state index contributed by atoms with van der Waals surface area (Å²) >= 11 is 5.85. The van der Waals surface area contributed by atoms with Crippen LogP contribution in [0.25, 0.3) is 0 Å². The van der Waals surface area contributed by atoms with Crippen LogP contribution in [0.15, 0.2) is 53.4 Å². The van der Waals surface area contributed by atoms with Crippen LogP contribution in [-0.4, -0.2) is 42.6 Å². The van der Waals surface area contributed by atoms with E-state index in [1.807, 2.05) is 5.32 Å². The van der Waals surface area contributed by atoms with Crippen molar-refractivity contribution in [3.8, 4) is 11.5 Å². The highest BCUT2D eigenvalue weighted by Crippen LogP contribution is 2.29. The molecule has 0 aromatic heterocycles. The number of urea groups is 2. The van der Waals surface area contributed by atoms with Crippen LogP contribution in [0.3, 0.4) is 0 Å². The molecule has 2 aromatic rings. The Morgan fingerprint density at radius 1 is 0.933 bits per heavy atom. The van der Waals surface area contributed by atoms with Crippen molar-refractivity contribution < 1.29 is 22.7 Å². The smallest absolute Gasteiger partial charge is 0.338 e. The molecule has 10 nitrogen and oxygen atoms in total. The van der Waals surface area contributed by atoms with E-state index in [0.717, 1.165) is 5.12 Å². The third-order valence-electron chi connectivity index (χ3n) is 4.62. The van der Waals surface area contributed by atoms with Gasteiger partial charge in [-0.05, 0) is 61.4 Å². The van der Waals surface area contributed by atoms with Crippen molar-refractivity contribution in [1.29, 1.82) is 0 Å². The molecule has 0 radical (unpaired) electrons. The van der Waals surface area contributed by atoms with Crippen LogP contribution in [0.4, 0.5) is 9.59 Å². The zero-order valence-electron chi connectivity index (χ0n) is 15.5. The normalized spacial score (nSPS) is 20.4. The summed E-state index contributed by atoms with van der Waals surface area (Å²) in [6.45, 7) is 0.256. The summed E-state index contributed by atoms with van der Waals surface area (Å²) in [4.78, 5) is 23.2. The number of nitrogens with one attached hydrogen (secondary N) is 3. The maximum Gasteiger partial charge on any atom is 0.338 e. The van der Waals surface area contributed by atoms with Gasteiger partial charge in [-0.15, -0.1) is 5.12 Å². The third-order valence-corrected chi connectivity index (χ3v) is 6.79. The number of imide groups is 1. The summed E-state index contributed by atoms with van der Waals surface area (Å²) in [6, 6.07) is 11.3. The predicted molar refractivity (Wildman–Crippen MR) is 107 cm³/mol. The van der Waals surface area contributed by atoms with E-state index in [9.17, 15) is 18.0 Å². The first-order chi connectivity index (χ1) is 14.3. The van der Waals surface area contributed by atoms with Crippen LogP contribution in [0, 0.1) is 0 Å². The second kappa shape index (κ2) is 8.11. The lowest BCUT2D eigenvalue weighted by Gasteiger charge is -2.36. The Kier molecular flexibility index (Phi) is 5.52. The van der Waals surface area contributed by atoms with E-state index < -0.39 is 28.3 Å². The zero-order valence-corrected chi connectivity index (χ0v) is 17.1. The van der Waals surface area contributed by atoms with Crippen molar-refractivity contribution in [2.24, 2.45) is 0 Å². The molecule has 12 heteroatoms. The molecular formula is C18H18ClN5O5S. The molecule has 0 spiro atoms. The number of hydrogen-bond donors (Lipinski definition) is 3. The SMILES string of the molecule is O=C1NC(=O)NN(C2CCCN2S(=O)(=O)c2ccc(Oc3ccc(Cl)cc3)cc2)N1. The van der Waals surface area contributed by atoms with Gasteiger partial charge in [-0.2, -0.15) is 4.31 Å². The molecule has 3 N–H and O–H groups in total. The number of amides is 4. The Labute approximate surface area is 177 Å². The number of hydrazine groups is 2. The molecule has 0 aliphatic carbocycles. The van der Waals surface area contributed by atoms with Crippen molar-refractivity contribution in [3.63, 3.8) is 0 Å². The molecule has 1 atom stereocenters. The van der Waals surface area contributed by atoms with Crippen molar-refractivity contribution >= 4 is 33.7 Å². The fraction of sp³-hybridized carbons (Fsp3) is 0.222. The lowest BCUT2D eigenvalue weighted by atomic mass is 10.3. The second-order valence-corrected chi connectivity index (χ2v) is 8.97. The van der Waals surface area contributed by atoms with E-state index in [1.165, 1.54) is 16.4 Å². The Bertz CT molecular complexity index is 1050. The summed E-state index contributed by atoms with van der Waals surface area (Å²) in [5, 5.41) is 3.72. The van der Waals surface area contributed by atoms with E-state index in [4.69, 9.17) is 16.3 Å². The van der Waals surface area contributed by atoms with E-state index >= 15 is 0 Å². The first kappa shape index (κ1) is 20.4. The fourth-order valence-electron chi connectivity index (χ4n) is 3.27. The topological polar surface area (TPSA) is 120 Å². The molecule has 1 unspecified atom stereocenters. The molecule has 0 saturated carbocycles. The van der Waals surface area contributed by atoms with E-state index in [1.54, 1.807) is 36.4 Å². The first-order valence-corrected chi connectivity index (χ1v) is 10.9. The summed E-state index contributed by atoms with van der Waals surface area (Å²) in [7, 11) is -3.87. The van der Waals surface area contributed by atoms with Gasteiger partial charge in [0.15, 0.2) is 0 Å². The Morgan fingerprint density at radius 3 is 2.10 bits per heavy atom. The molecule has 0 bridgehead atoms. The molecule has 4 rings (SSSR count). The Morgan fingerprint density at radius 2 is 1.50 bits per heavy atom. The lowest BCUT2D eigenvalue weighted by Crippen LogP contribution is -2.69.